The van der Waals surface area contributed by atoms with Crippen LogP contribution in [0, 0.1) is 5.82 Å². The fourth-order valence-electron chi connectivity index (χ4n) is 1.70. The summed E-state index contributed by atoms with van der Waals surface area (Å²) in [6, 6.07) is 8.59. The number of carbonyl (C=O) groups is 1. The van der Waals surface area contributed by atoms with E-state index in [4.69, 9.17) is 22.1 Å². The molecule has 0 radical (unpaired) electrons. The smallest absolute Gasteiger partial charge is 0.337 e. The molecule has 4 nitrogen and oxygen atoms in total. The molecule has 2 aromatic rings. The number of hydrogen-bond acceptors (Lipinski definition) is 4. The van der Waals surface area contributed by atoms with Crippen LogP contribution in [0.15, 0.2) is 36.4 Å². The van der Waals surface area contributed by atoms with E-state index in [0.29, 0.717) is 22.6 Å². The highest BCUT2D eigenvalue weighted by atomic mass is 35.5. The number of benzene rings is 2. The van der Waals surface area contributed by atoms with Crippen LogP contribution in [0.3, 0.4) is 0 Å². The van der Waals surface area contributed by atoms with E-state index in [1.807, 2.05) is 0 Å². The number of methoxy groups -OCH3 is 1. The van der Waals surface area contributed by atoms with Gasteiger partial charge in [0.2, 0.25) is 0 Å². The van der Waals surface area contributed by atoms with Gasteiger partial charge in [-0.3, -0.25) is 0 Å². The van der Waals surface area contributed by atoms with Gasteiger partial charge in [0.1, 0.15) is 18.2 Å². The van der Waals surface area contributed by atoms with Crippen LogP contribution in [0.5, 0.6) is 5.75 Å². The normalized spacial score (nSPS) is 10.2. The van der Waals surface area contributed by atoms with Crippen LogP contribution < -0.4 is 10.5 Å². The molecule has 0 fully saturated rings. The van der Waals surface area contributed by atoms with Crippen LogP contribution in [0.2, 0.25) is 5.02 Å². The largest absolute Gasteiger partial charge is 0.487 e. The molecule has 21 heavy (non-hydrogen) atoms. The van der Waals surface area contributed by atoms with Crippen LogP contribution in [0.25, 0.3) is 0 Å². The molecule has 0 spiro atoms. The third kappa shape index (κ3) is 3.64. The summed E-state index contributed by atoms with van der Waals surface area (Å²) < 4.78 is 23.1. The van der Waals surface area contributed by atoms with Crippen LogP contribution in [0.4, 0.5) is 10.1 Å². The fraction of sp³-hybridized carbons (Fsp3) is 0.133. The highest BCUT2D eigenvalue weighted by Gasteiger charge is 2.10. The summed E-state index contributed by atoms with van der Waals surface area (Å²) in [6.45, 7) is 0.105. The average Bonchev–Trinajstić information content (AvgIpc) is 2.47. The molecular formula is C15H13ClFNO3. The molecule has 0 amide bonds. The van der Waals surface area contributed by atoms with Gasteiger partial charge in [-0.05, 0) is 30.3 Å². The molecular weight excluding hydrogens is 297 g/mol. The molecule has 0 saturated carbocycles. The van der Waals surface area contributed by atoms with Crippen LogP contribution >= 0.6 is 11.6 Å². The van der Waals surface area contributed by atoms with Gasteiger partial charge < -0.3 is 15.2 Å². The second-order valence-electron chi connectivity index (χ2n) is 4.27. The topological polar surface area (TPSA) is 61.5 Å². The molecule has 0 bridgehead atoms. The van der Waals surface area contributed by atoms with Crippen molar-refractivity contribution >= 4 is 23.3 Å². The van der Waals surface area contributed by atoms with Crippen molar-refractivity contribution in [3.63, 3.8) is 0 Å². The fourth-order valence-corrected chi connectivity index (χ4v) is 1.92. The predicted molar refractivity (Wildman–Crippen MR) is 77.9 cm³/mol. The molecule has 0 aliphatic heterocycles. The summed E-state index contributed by atoms with van der Waals surface area (Å²) in [7, 11) is 1.29. The third-order valence-electron chi connectivity index (χ3n) is 2.83. The highest BCUT2D eigenvalue weighted by Crippen LogP contribution is 2.26. The van der Waals surface area contributed by atoms with Crippen molar-refractivity contribution in [2.45, 2.75) is 6.61 Å². The number of anilines is 1. The molecule has 110 valence electrons. The van der Waals surface area contributed by atoms with Crippen molar-refractivity contribution in [1.82, 2.24) is 0 Å². The molecule has 0 unspecified atom stereocenters. The van der Waals surface area contributed by atoms with Crippen molar-refractivity contribution < 1.29 is 18.7 Å². The van der Waals surface area contributed by atoms with E-state index in [9.17, 15) is 9.18 Å². The van der Waals surface area contributed by atoms with E-state index in [0.717, 1.165) is 0 Å². The molecule has 0 saturated heterocycles. The Balaban J connectivity index is 2.17. The summed E-state index contributed by atoms with van der Waals surface area (Å²) in [5.41, 5.74) is 7.10. The van der Waals surface area contributed by atoms with Gasteiger partial charge in [0.15, 0.2) is 0 Å². The summed E-state index contributed by atoms with van der Waals surface area (Å²) in [5.74, 6) is -0.575. The van der Waals surface area contributed by atoms with Crippen LogP contribution in [-0.2, 0) is 11.3 Å². The number of ether oxygens (including phenoxy) is 2. The number of nitrogens with two attached hydrogens (primary N) is 1. The Morgan fingerprint density at radius 1 is 1.29 bits per heavy atom. The number of rotatable bonds is 4. The SMILES string of the molecule is COC(=O)c1ccc(N)c(OCc2ccc(F)cc2Cl)c1. The summed E-state index contributed by atoms with van der Waals surface area (Å²) in [4.78, 5) is 11.5. The predicted octanol–water partition coefficient (Wildman–Crippen LogP) is 3.43. The van der Waals surface area contributed by atoms with Gasteiger partial charge in [0, 0.05) is 5.56 Å². The Morgan fingerprint density at radius 2 is 2.05 bits per heavy atom. The lowest BCUT2D eigenvalue weighted by Crippen LogP contribution is -2.04. The molecule has 0 aliphatic rings. The lowest BCUT2D eigenvalue weighted by molar-refractivity contribution is 0.0600. The standard InChI is InChI=1S/C15H13ClFNO3/c1-20-15(19)9-3-5-13(18)14(6-9)21-8-10-2-4-11(17)7-12(10)16/h2-7H,8,18H2,1H3. The molecule has 0 aliphatic carbocycles. The lowest BCUT2D eigenvalue weighted by Gasteiger charge is -2.11. The second kappa shape index (κ2) is 6.45. The van der Waals surface area contributed by atoms with Gasteiger partial charge >= 0.3 is 5.97 Å². The minimum atomic E-state index is -0.486. The van der Waals surface area contributed by atoms with Crippen molar-refractivity contribution in [1.29, 1.82) is 0 Å². The van der Waals surface area contributed by atoms with E-state index in [2.05, 4.69) is 4.74 Å². The van der Waals surface area contributed by atoms with Crippen LogP contribution in [-0.4, -0.2) is 13.1 Å². The van der Waals surface area contributed by atoms with E-state index in [1.54, 1.807) is 12.1 Å². The van der Waals surface area contributed by atoms with Gasteiger partial charge in [-0.15, -0.1) is 0 Å². The first-order valence-electron chi connectivity index (χ1n) is 6.06. The van der Waals surface area contributed by atoms with E-state index < -0.39 is 11.8 Å². The Labute approximate surface area is 126 Å². The molecule has 6 heteroatoms. The molecule has 0 aromatic heterocycles. The van der Waals surface area contributed by atoms with Crippen molar-refractivity contribution in [3.8, 4) is 5.75 Å². The van der Waals surface area contributed by atoms with E-state index >= 15 is 0 Å². The Bertz CT molecular complexity index is 676. The number of esters is 1. The minimum Gasteiger partial charge on any atom is -0.487 e. The second-order valence-corrected chi connectivity index (χ2v) is 4.68. The first kappa shape index (κ1) is 15.1. The van der Waals surface area contributed by atoms with Crippen molar-refractivity contribution in [2.24, 2.45) is 0 Å². The van der Waals surface area contributed by atoms with Gasteiger partial charge in [0.25, 0.3) is 0 Å². The van der Waals surface area contributed by atoms with Gasteiger partial charge in [-0.25, -0.2) is 9.18 Å². The first-order valence-corrected chi connectivity index (χ1v) is 6.43. The zero-order chi connectivity index (χ0) is 15.4. The Hall–Kier alpha value is -2.27. The van der Waals surface area contributed by atoms with Gasteiger partial charge in [-0.1, -0.05) is 17.7 Å². The zero-order valence-electron chi connectivity index (χ0n) is 11.2. The summed E-state index contributed by atoms with van der Waals surface area (Å²) in [6.07, 6.45) is 0. The van der Waals surface area contributed by atoms with E-state index in [1.165, 1.54) is 31.4 Å². The monoisotopic (exact) mass is 309 g/mol. The molecule has 0 atom stereocenters. The van der Waals surface area contributed by atoms with Gasteiger partial charge in [0.05, 0.1) is 23.4 Å². The maximum absolute atomic E-state index is 13.0. The molecule has 0 heterocycles. The highest BCUT2D eigenvalue weighted by molar-refractivity contribution is 6.31. The quantitative estimate of drug-likeness (QED) is 0.694. The van der Waals surface area contributed by atoms with E-state index in [-0.39, 0.29) is 11.6 Å². The van der Waals surface area contributed by atoms with Gasteiger partial charge in [-0.2, -0.15) is 0 Å². The van der Waals surface area contributed by atoms with Crippen molar-refractivity contribution in [3.05, 3.63) is 58.4 Å². The minimum absolute atomic E-state index is 0.105. The maximum Gasteiger partial charge on any atom is 0.337 e. The van der Waals surface area contributed by atoms with Crippen molar-refractivity contribution in [2.75, 3.05) is 12.8 Å². The first-order chi connectivity index (χ1) is 10.0. The number of hydrogen-bond donors (Lipinski definition) is 1. The number of nitrogen functional groups attached to an aromatic ring is 1. The maximum atomic E-state index is 13.0. The van der Waals surface area contributed by atoms with Crippen LogP contribution in [0.1, 0.15) is 15.9 Å². The Kier molecular flexibility index (Phi) is 4.65. The summed E-state index contributed by atoms with van der Waals surface area (Å²) >= 11 is 5.91. The average molecular weight is 310 g/mol. The number of halogens is 2. The summed E-state index contributed by atoms with van der Waals surface area (Å²) in [5, 5.41) is 0.262. The molecule has 2 N–H and O–H groups in total. The number of carbonyl (C=O) groups excluding carboxylic acids is 1. The Morgan fingerprint density at radius 3 is 2.71 bits per heavy atom. The molecule has 2 rings (SSSR count). The third-order valence-corrected chi connectivity index (χ3v) is 3.18. The zero-order valence-corrected chi connectivity index (χ0v) is 12.0. The lowest BCUT2D eigenvalue weighted by atomic mass is 10.2. The molecule has 2 aromatic carbocycles.